The fourth-order valence-corrected chi connectivity index (χ4v) is 1.21. The first-order valence-corrected chi connectivity index (χ1v) is 5.22. The molecule has 0 aliphatic carbocycles. The second-order valence-electron chi connectivity index (χ2n) is 3.42. The van der Waals surface area contributed by atoms with Gasteiger partial charge in [-0.25, -0.2) is 0 Å². The van der Waals surface area contributed by atoms with E-state index in [1.807, 2.05) is 0 Å². The Morgan fingerprint density at radius 1 is 1.53 bits per heavy atom. The van der Waals surface area contributed by atoms with E-state index in [1.54, 1.807) is 14.0 Å². The molecule has 0 spiro atoms. The third-order valence-electron chi connectivity index (χ3n) is 2.19. The maximum atomic E-state index is 10.9. The van der Waals surface area contributed by atoms with Gasteiger partial charge in [0, 0.05) is 26.5 Å². The van der Waals surface area contributed by atoms with Crippen molar-refractivity contribution in [3.05, 3.63) is 0 Å². The van der Waals surface area contributed by atoms with E-state index in [4.69, 9.17) is 9.84 Å². The van der Waals surface area contributed by atoms with Gasteiger partial charge in [-0.1, -0.05) is 6.92 Å². The highest BCUT2D eigenvalue weighted by atomic mass is 16.5. The number of aliphatic hydroxyl groups is 2. The molecule has 0 aromatic heterocycles. The molecule has 15 heavy (non-hydrogen) atoms. The third-order valence-corrected chi connectivity index (χ3v) is 2.19. The summed E-state index contributed by atoms with van der Waals surface area (Å²) in [6.07, 6.45) is 0.603. The van der Waals surface area contributed by atoms with Crippen molar-refractivity contribution in [1.82, 2.24) is 5.32 Å². The van der Waals surface area contributed by atoms with E-state index in [1.165, 1.54) is 0 Å². The van der Waals surface area contributed by atoms with Crippen LogP contribution in [0.15, 0.2) is 0 Å². The van der Waals surface area contributed by atoms with Gasteiger partial charge < -0.3 is 20.3 Å². The summed E-state index contributed by atoms with van der Waals surface area (Å²) in [6, 6.07) is 0. The average molecular weight is 219 g/mol. The largest absolute Gasteiger partial charge is 0.394 e. The number of aliphatic hydroxyl groups excluding tert-OH is 2. The number of hydrogen-bond acceptors (Lipinski definition) is 4. The molecule has 0 rings (SSSR count). The van der Waals surface area contributed by atoms with E-state index in [0.717, 1.165) is 0 Å². The number of rotatable bonds is 8. The maximum absolute atomic E-state index is 10.9. The standard InChI is InChI=1S/C10H21NO4/c1-3-10(14)11-5-4-9(15-2)6-8(13)7-12/h8-9,12-13H,3-7H2,1-2H3,(H,11,14). The van der Waals surface area contributed by atoms with Crippen LogP contribution in [0, 0.1) is 0 Å². The fourth-order valence-electron chi connectivity index (χ4n) is 1.21. The first-order valence-electron chi connectivity index (χ1n) is 5.22. The number of carbonyl (C=O) groups excluding carboxylic acids is 1. The summed E-state index contributed by atoms with van der Waals surface area (Å²) in [6.45, 7) is 2.06. The van der Waals surface area contributed by atoms with Crippen molar-refractivity contribution >= 4 is 5.91 Å². The van der Waals surface area contributed by atoms with Crippen molar-refractivity contribution in [1.29, 1.82) is 0 Å². The van der Waals surface area contributed by atoms with E-state index in [-0.39, 0.29) is 18.6 Å². The van der Waals surface area contributed by atoms with Gasteiger partial charge >= 0.3 is 0 Å². The lowest BCUT2D eigenvalue weighted by molar-refractivity contribution is -0.120. The van der Waals surface area contributed by atoms with Crippen molar-refractivity contribution < 1.29 is 19.7 Å². The van der Waals surface area contributed by atoms with Crippen LogP contribution in [0.5, 0.6) is 0 Å². The monoisotopic (exact) mass is 219 g/mol. The lowest BCUT2D eigenvalue weighted by Crippen LogP contribution is -2.29. The van der Waals surface area contributed by atoms with Gasteiger partial charge in [0.15, 0.2) is 0 Å². The van der Waals surface area contributed by atoms with Gasteiger partial charge in [0.25, 0.3) is 0 Å². The molecule has 0 heterocycles. The van der Waals surface area contributed by atoms with E-state index in [2.05, 4.69) is 5.32 Å². The second kappa shape index (κ2) is 8.64. The average Bonchev–Trinajstić information content (AvgIpc) is 2.26. The summed E-state index contributed by atoms with van der Waals surface area (Å²) >= 11 is 0. The Morgan fingerprint density at radius 3 is 2.67 bits per heavy atom. The summed E-state index contributed by atoms with van der Waals surface area (Å²) < 4.78 is 5.12. The summed E-state index contributed by atoms with van der Waals surface area (Å²) in [5, 5.41) is 20.6. The van der Waals surface area contributed by atoms with Crippen LogP contribution in [0.3, 0.4) is 0 Å². The molecule has 2 atom stereocenters. The molecule has 0 saturated heterocycles. The lowest BCUT2D eigenvalue weighted by Gasteiger charge is -2.17. The highest BCUT2D eigenvalue weighted by molar-refractivity contribution is 5.75. The molecule has 90 valence electrons. The third kappa shape index (κ3) is 7.30. The van der Waals surface area contributed by atoms with E-state index in [0.29, 0.717) is 25.8 Å². The van der Waals surface area contributed by atoms with Crippen LogP contribution < -0.4 is 5.32 Å². The van der Waals surface area contributed by atoms with Gasteiger partial charge in [-0.15, -0.1) is 0 Å². The Labute approximate surface area is 90.4 Å². The van der Waals surface area contributed by atoms with Crippen molar-refractivity contribution in [2.24, 2.45) is 0 Å². The predicted molar refractivity (Wildman–Crippen MR) is 56.4 cm³/mol. The Morgan fingerprint density at radius 2 is 2.20 bits per heavy atom. The molecule has 3 N–H and O–H groups in total. The molecular weight excluding hydrogens is 198 g/mol. The second-order valence-corrected chi connectivity index (χ2v) is 3.42. The van der Waals surface area contributed by atoms with Crippen molar-refractivity contribution in [2.75, 3.05) is 20.3 Å². The summed E-state index contributed by atoms with van der Waals surface area (Å²) in [5.41, 5.74) is 0. The van der Waals surface area contributed by atoms with Gasteiger partial charge in [-0.2, -0.15) is 0 Å². The summed E-state index contributed by atoms with van der Waals surface area (Å²) in [5.74, 6) is 0.00700. The molecule has 0 bridgehead atoms. The van der Waals surface area contributed by atoms with Gasteiger partial charge in [0.1, 0.15) is 0 Å². The van der Waals surface area contributed by atoms with Gasteiger partial charge in [-0.3, -0.25) is 4.79 Å². The maximum Gasteiger partial charge on any atom is 0.219 e. The SMILES string of the molecule is CCC(=O)NCCC(CC(O)CO)OC. The Balaban J connectivity index is 3.65. The van der Waals surface area contributed by atoms with E-state index >= 15 is 0 Å². The molecule has 5 heteroatoms. The minimum atomic E-state index is -0.753. The minimum absolute atomic E-state index is 0.00700. The zero-order valence-corrected chi connectivity index (χ0v) is 9.40. The number of ether oxygens (including phenoxy) is 1. The Hall–Kier alpha value is -0.650. The number of nitrogens with one attached hydrogen (secondary N) is 1. The molecule has 5 nitrogen and oxygen atoms in total. The van der Waals surface area contributed by atoms with Gasteiger partial charge in [0.2, 0.25) is 5.91 Å². The number of methoxy groups -OCH3 is 1. The smallest absolute Gasteiger partial charge is 0.219 e. The van der Waals surface area contributed by atoms with Crippen LogP contribution in [0.1, 0.15) is 26.2 Å². The quantitative estimate of drug-likeness (QED) is 0.522. The van der Waals surface area contributed by atoms with Crippen LogP contribution in [-0.2, 0) is 9.53 Å². The topological polar surface area (TPSA) is 78.8 Å². The number of hydrogen-bond donors (Lipinski definition) is 3. The van der Waals surface area contributed by atoms with Gasteiger partial charge in [0.05, 0.1) is 18.8 Å². The van der Waals surface area contributed by atoms with E-state index < -0.39 is 6.10 Å². The highest BCUT2D eigenvalue weighted by Gasteiger charge is 2.13. The molecule has 0 aromatic carbocycles. The number of carbonyl (C=O) groups is 1. The van der Waals surface area contributed by atoms with Crippen LogP contribution in [0.2, 0.25) is 0 Å². The van der Waals surface area contributed by atoms with E-state index in [9.17, 15) is 9.90 Å². The van der Waals surface area contributed by atoms with Crippen molar-refractivity contribution in [3.8, 4) is 0 Å². The molecule has 0 fully saturated rings. The predicted octanol–water partition coefficient (Wildman–Crippen LogP) is -0.339. The molecule has 0 aromatic rings. The molecule has 0 aliphatic rings. The molecular formula is C10H21NO4. The first-order chi connectivity index (χ1) is 7.13. The molecule has 0 aliphatic heterocycles. The minimum Gasteiger partial charge on any atom is -0.394 e. The summed E-state index contributed by atoms with van der Waals surface area (Å²) in [7, 11) is 1.55. The molecule has 2 unspecified atom stereocenters. The number of amides is 1. The van der Waals surface area contributed by atoms with Crippen molar-refractivity contribution in [2.45, 2.75) is 38.4 Å². The van der Waals surface area contributed by atoms with Gasteiger partial charge in [-0.05, 0) is 6.42 Å². The first kappa shape index (κ1) is 14.3. The molecule has 0 saturated carbocycles. The molecule has 1 amide bonds. The molecule has 0 radical (unpaired) electrons. The highest BCUT2D eigenvalue weighted by Crippen LogP contribution is 2.05. The lowest BCUT2D eigenvalue weighted by atomic mass is 10.1. The van der Waals surface area contributed by atoms with Crippen LogP contribution in [0.4, 0.5) is 0 Å². The summed E-state index contributed by atoms with van der Waals surface area (Å²) in [4.78, 5) is 10.9. The van der Waals surface area contributed by atoms with Crippen LogP contribution >= 0.6 is 0 Å². The zero-order valence-electron chi connectivity index (χ0n) is 9.40. The van der Waals surface area contributed by atoms with Crippen LogP contribution in [-0.4, -0.2) is 48.6 Å². The normalized spacial score (nSPS) is 14.7. The van der Waals surface area contributed by atoms with Crippen molar-refractivity contribution in [3.63, 3.8) is 0 Å². The Bertz CT molecular complexity index is 175. The van der Waals surface area contributed by atoms with Crippen LogP contribution in [0.25, 0.3) is 0 Å². The fraction of sp³-hybridized carbons (Fsp3) is 0.900. The Kier molecular flexibility index (Phi) is 8.27. The zero-order chi connectivity index (χ0) is 11.7.